The molecular weight excluding hydrogens is 385 g/mol. The molecule has 3 heterocycles. The van der Waals surface area contributed by atoms with E-state index in [4.69, 9.17) is 9.15 Å². The summed E-state index contributed by atoms with van der Waals surface area (Å²) in [5.41, 5.74) is 2.85. The fourth-order valence-corrected chi connectivity index (χ4v) is 3.66. The molecule has 0 aliphatic carbocycles. The largest absolute Gasteiger partial charge is 0.440 e. The second-order valence-electron chi connectivity index (χ2n) is 6.87. The summed E-state index contributed by atoms with van der Waals surface area (Å²) in [6.45, 7) is 3.73. The maximum atomic E-state index is 13.4. The minimum Gasteiger partial charge on any atom is -0.440 e. The van der Waals surface area contributed by atoms with E-state index in [2.05, 4.69) is 21.3 Å². The lowest BCUT2D eigenvalue weighted by atomic mass is 9.95. The second kappa shape index (κ2) is 7.41. The molecule has 28 heavy (non-hydrogen) atoms. The molecule has 1 unspecified atom stereocenters. The molecule has 0 saturated carbocycles. The lowest BCUT2D eigenvalue weighted by Crippen LogP contribution is -2.43. The van der Waals surface area contributed by atoms with Crippen molar-refractivity contribution in [3.8, 4) is 5.75 Å². The highest BCUT2D eigenvalue weighted by molar-refractivity contribution is 5.85. The molecule has 5 rings (SSSR count). The van der Waals surface area contributed by atoms with Gasteiger partial charge < -0.3 is 19.4 Å². The lowest BCUT2D eigenvalue weighted by Gasteiger charge is -2.30. The van der Waals surface area contributed by atoms with Crippen molar-refractivity contribution in [1.82, 2.24) is 10.3 Å². The van der Waals surface area contributed by atoms with E-state index in [-0.39, 0.29) is 24.1 Å². The van der Waals surface area contributed by atoms with Crippen LogP contribution in [0.5, 0.6) is 5.75 Å². The fourth-order valence-electron chi connectivity index (χ4n) is 3.66. The van der Waals surface area contributed by atoms with Crippen LogP contribution >= 0.6 is 12.4 Å². The zero-order chi connectivity index (χ0) is 18.4. The molecule has 1 saturated heterocycles. The number of nitrogens with one attached hydrogen (secondary N) is 1. The van der Waals surface area contributed by atoms with Gasteiger partial charge in [-0.15, -0.1) is 12.4 Å². The van der Waals surface area contributed by atoms with Gasteiger partial charge in [-0.1, -0.05) is 6.07 Å². The summed E-state index contributed by atoms with van der Waals surface area (Å²) in [6, 6.07) is 10.1. The van der Waals surface area contributed by atoms with Gasteiger partial charge in [0.15, 0.2) is 5.58 Å². The number of halogens is 2. The molecule has 1 N–H and O–H groups in total. The van der Waals surface area contributed by atoms with Crippen molar-refractivity contribution in [3.05, 3.63) is 53.7 Å². The number of fused-ring (bicyclic) bond motifs is 2. The predicted molar refractivity (Wildman–Crippen MR) is 105 cm³/mol. The Labute approximate surface area is 167 Å². The van der Waals surface area contributed by atoms with Crippen LogP contribution in [0.2, 0.25) is 0 Å². The molecule has 2 aliphatic heterocycles. The number of ether oxygens (including phenoxy) is 1. The number of aromatic nitrogens is 1. The smallest absolute Gasteiger partial charge is 0.324 e. The van der Waals surface area contributed by atoms with Gasteiger partial charge in [-0.05, 0) is 30.2 Å². The molecule has 0 bridgehead atoms. The molecule has 3 aromatic rings. The van der Waals surface area contributed by atoms with Crippen molar-refractivity contribution in [2.24, 2.45) is 0 Å². The molecule has 2 aromatic carbocycles. The number of esters is 1. The molecule has 1 aromatic heterocycles. The third kappa shape index (κ3) is 3.31. The number of oxazole rings is 1. The molecule has 1 atom stereocenters. The van der Waals surface area contributed by atoms with Crippen LogP contribution in [0, 0.1) is 5.82 Å². The van der Waals surface area contributed by atoms with Crippen molar-refractivity contribution >= 4 is 35.2 Å². The van der Waals surface area contributed by atoms with Crippen molar-refractivity contribution in [1.29, 1.82) is 0 Å². The SMILES string of the molecule is Cl.O=C1Oc2cc(N3CCNCC3)ccc2CC1c1nc2cc(F)ccc2o1. The molecule has 0 amide bonds. The van der Waals surface area contributed by atoms with Crippen LogP contribution in [0.4, 0.5) is 10.1 Å². The van der Waals surface area contributed by atoms with E-state index in [1.807, 2.05) is 12.1 Å². The minimum atomic E-state index is -0.627. The first kappa shape index (κ1) is 18.7. The standard InChI is InChI=1S/C20H18FN3O3.ClH/c21-13-2-4-17-16(10-13)23-19(26-17)15-9-12-1-3-14(11-18(12)27-20(15)25)24-7-5-22-6-8-24;/h1-4,10-11,15,22H,5-9H2;1H. The zero-order valence-electron chi connectivity index (χ0n) is 15.0. The van der Waals surface area contributed by atoms with Crippen LogP contribution in [0.1, 0.15) is 17.4 Å². The molecule has 146 valence electrons. The van der Waals surface area contributed by atoms with E-state index in [1.54, 1.807) is 0 Å². The van der Waals surface area contributed by atoms with Gasteiger partial charge in [0.1, 0.15) is 23.0 Å². The van der Waals surface area contributed by atoms with Gasteiger partial charge in [0, 0.05) is 44.0 Å². The summed E-state index contributed by atoms with van der Waals surface area (Å²) < 4.78 is 24.6. The number of hydrogen-bond acceptors (Lipinski definition) is 6. The number of anilines is 1. The highest BCUT2D eigenvalue weighted by Gasteiger charge is 2.34. The average Bonchev–Trinajstić information content (AvgIpc) is 3.10. The third-order valence-corrected chi connectivity index (χ3v) is 5.12. The topological polar surface area (TPSA) is 67.6 Å². The number of nitrogens with zero attached hydrogens (tertiary/aromatic N) is 2. The second-order valence-corrected chi connectivity index (χ2v) is 6.87. The Bertz CT molecular complexity index is 1030. The fraction of sp³-hybridized carbons (Fsp3) is 0.300. The quantitative estimate of drug-likeness (QED) is 0.524. The van der Waals surface area contributed by atoms with Gasteiger partial charge in [-0.3, -0.25) is 4.79 Å². The van der Waals surface area contributed by atoms with Gasteiger partial charge in [0.2, 0.25) is 5.89 Å². The van der Waals surface area contributed by atoms with E-state index >= 15 is 0 Å². The first-order chi connectivity index (χ1) is 13.2. The average molecular weight is 404 g/mol. The summed E-state index contributed by atoms with van der Waals surface area (Å²) in [7, 11) is 0. The molecule has 0 radical (unpaired) electrons. The zero-order valence-corrected chi connectivity index (χ0v) is 15.8. The maximum Gasteiger partial charge on any atom is 0.324 e. The van der Waals surface area contributed by atoms with Crippen LogP contribution in [0.25, 0.3) is 11.1 Å². The Hall–Kier alpha value is -2.64. The Morgan fingerprint density at radius 3 is 2.79 bits per heavy atom. The van der Waals surface area contributed by atoms with E-state index < -0.39 is 11.9 Å². The van der Waals surface area contributed by atoms with E-state index in [0.29, 0.717) is 23.3 Å². The summed E-state index contributed by atoms with van der Waals surface area (Å²) >= 11 is 0. The monoisotopic (exact) mass is 403 g/mol. The highest BCUT2D eigenvalue weighted by atomic mass is 35.5. The van der Waals surface area contributed by atoms with Crippen molar-refractivity contribution in [2.75, 3.05) is 31.1 Å². The normalized spacial score (nSPS) is 19.1. The third-order valence-electron chi connectivity index (χ3n) is 5.12. The van der Waals surface area contributed by atoms with Crippen molar-refractivity contribution in [2.45, 2.75) is 12.3 Å². The Balaban J connectivity index is 0.00000192. The first-order valence-corrected chi connectivity index (χ1v) is 9.04. The predicted octanol–water partition coefficient (Wildman–Crippen LogP) is 3.04. The van der Waals surface area contributed by atoms with Gasteiger partial charge in [-0.25, -0.2) is 9.37 Å². The summed E-state index contributed by atoms with van der Waals surface area (Å²) in [5, 5.41) is 3.32. The number of benzene rings is 2. The van der Waals surface area contributed by atoms with E-state index in [9.17, 15) is 9.18 Å². The maximum absolute atomic E-state index is 13.4. The van der Waals surface area contributed by atoms with Gasteiger partial charge in [0.05, 0.1) is 0 Å². The molecule has 6 nitrogen and oxygen atoms in total. The van der Waals surface area contributed by atoms with Crippen LogP contribution in [0.3, 0.4) is 0 Å². The number of rotatable bonds is 2. The number of carbonyl (C=O) groups excluding carboxylic acids is 1. The van der Waals surface area contributed by atoms with Crippen molar-refractivity contribution < 1.29 is 18.3 Å². The summed E-state index contributed by atoms with van der Waals surface area (Å²) in [4.78, 5) is 19.1. The Kier molecular flexibility index (Phi) is 4.95. The van der Waals surface area contributed by atoms with E-state index in [1.165, 1.54) is 18.2 Å². The van der Waals surface area contributed by atoms with Gasteiger partial charge in [0.25, 0.3) is 0 Å². The molecule has 2 aliphatic rings. The summed E-state index contributed by atoms with van der Waals surface area (Å²) in [5.74, 6) is -0.559. The molecular formula is C20H19ClFN3O3. The van der Waals surface area contributed by atoms with Gasteiger partial charge in [-0.2, -0.15) is 0 Å². The summed E-state index contributed by atoms with van der Waals surface area (Å²) in [6.07, 6.45) is 0.450. The molecule has 1 fully saturated rings. The molecule has 8 heteroatoms. The number of carbonyl (C=O) groups is 1. The lowest BCUT2D eigenvalue weighted by molar-refractivity contribution is -0.137. The Morgan fingerprint density at radius 1 is 1.14 bits per heavy atom. The van der Waals surface area contributed by atoms with Crippen LogP contribution in [-0.2, 0) is 11.2 Å². The number of hydrogen-bond donors (Lipinski definition) is 1. The highest BCUT2D eigenvalue weighted by Crippen LogP contribution is 2.36. The van der Waals surface area contributed by atoms with Crippen molar-refractivity contribution in [3.63, 3.8) is 0 Å². The van der Waals surface area contributed by atoms with E-state index in [0.717, 1.165) is 37.4 Å². The van der Waals surface area contributed by atoms with Crippen LogP contribution in [-0.4, -0.2) is 37.1 Å². The number of piperazine rings is 1. The minimum absolute atomic E-state index is 0. The van der Waals surface area contributed by atoms with Crippen LogP contribution in [0.15, 0.2) is 40.8 Å². The Morgan fingerprint density at radius 2 is 1.96 bits per heavy atom. The van der Waals surface area contributed by atoms with Crippen LogP contribution < -0.4 is 15.0 Å². The first-order valence-electron chi connectivity index (χ1n) is 9.04. The molecule has 0 spiro atoms. The van der Waals surface area contributed by atoms with Gasteiger partial charge >= 0.3 is 5.97 Å².